The number of ether oxygens (including phenoxy) is 2. The van der Waals surface area contributed by atoms with Gasteiger partial charge in [0.25, 0.3) is 0 Å². The van der Waals surface area contributed by atoms with Crippen molar-refractivity contribution in [2.24, 2.45) is 0 Å². The van der Waals surface area contributed by atoms with Crippen LogP contribution in [0.1, 0.15) is 31.1 Å². The van der Waals surface area contributed by atoms with Crippen LogP contribution in [0.25, 0.3) is 0 Å². The maximum absolute atomic E-state index is 10.4. The lowest BCUT2D eigenvalue weighted by Crippen LogP contribution is -2.30. The smallest absolute Gasteiger partial charge is 0.161 e. The van der Waals surface area contributed by atoms with Crippen LogP contribution < -0.4 is 9.47 Å². The van der Waals surface area contributed by atoms with Crippen molar-refractivity contribution in [2.75, 3.05) is 14.2 Å². The van der Waals surface area contributed by atoms with Gasteiger partial charge in [0.15, 0.2) is 11.5 Å². The van der Waals surface area contributed by atoms with Gasteiger partial charge in [-0.3, -0.25) is 0 Å². The number of hydrogen-bond acceptors (Lipinski definition) is 4. The Morgan fingerprint density at radius 1 is 1.24 bits per heavy atom. The summed E-state index contributed by atoms with van der Waals surface area (Å²) in [4.78, 5) is 0. The van der Waals surface area contributed by atoms with Gasteiger partial charge in [0.1, 0.15) is 0 Å². The first-order valence-electron chi connectivity index (χ1n) is 5.56. The molecule has 0 spiro atoms. The van der Waals surface area contributed by atoms with E-state index < -0.39 is 6.10 Å². The summed E-state index contributed by atoms with van der Waals surface area (Å²) in [5, 5.41) is 10.4. The van der Waals surface area contributed by atoms with E-state index >= 15 is 0 Å². The lowest BCUT2D eigenvalue weighted by Gasteiger charge is -2.36. The molecule has 1 unspecified atom stereocenters. The van der Waals surface area contributed by atoms with E-state index in [0.29, 0.717) is 5.75 Å². The summed E-state index contributed by atoms with van der Waals surface area (Å²) < 4.78 is 10.4. The zero-order valence-electron chi connectivity index (χ0n) is 10.6. The van der Waals surface area contributed by atoms with Crippen molar-refractivity contribution in [2.45, 2.75) is 30.5 Å². The van der Waals surface area contributed by atoms with Gasteiger partial charge in [-0.25, -0.2) is 0 Å². The minimum Gasteiger partial charge on any atom is -0.493 e. The Hall–Kier alpha value is -0.870. The topological polar surface area (TPSA) is 38.7 Å². The quantitative estimate of drug-likeness (QED) is 0.880. The molecule has 0 saturated heterocycles. The highest BCUT2D eigenvalue weighted by atomic mass is 32.2. The molecule has 0 aromatic heterocycles. The van der Waals surface area contributed by atoms with Crippen molar-refractivity contribution in [1.29, 1.82) is 0 Å². The van der Waals surface area contributed by atoms with Crippen LogP contribution in [0.2, 0.25) is 0 Å². The Kier molecular flexibility index (Phi) is 3.27. The molecule has 0 saturated carbocycles. The fourth-order valence-electron chi connectivity index (χ4n) is 2.03. The third-order valence-corrected chi connectivity index (χ3v) is 4.62. The number of benzene rings is 1. The molecule has 17 heavy (non-hydrogen) atoms. The van der Waals surface area contributed by atoms with Gasteiger partial charge >= 0.3 is 0 Å². The molecule has 1 N–H and O–H groups in total. The Morgan fingerprint density at radius 2 is 1.82 bits per heavy atom. The molecule has 0 fully saturated rings. The summed E-state index contributed by atoms with van der Waals surface area (Å²) in [6, 6.07) is 3.85. The van der Waals surface area contributed by atoms with E-state index in [9.17, 15) is 5.11 Å². The maximum atomic E-state index is 10.4. The van der Waals surface area contributed by atoms with Crippen molar-refractivity contribution in [3.63, 3.8) is 0 Å². The van der Waals surface area contributed by atoms with Gasteiger partial charge in [0.2, 0.25) is 0 Å². The lowest BCUT2D eigenvalue weighted by molar-refractivity contribution is 0.141. The highest BCUT2D eigenvalue weighted by Gasteiger charge is 2.36. The van der Waals surface area contributed by atoms with Gasteiger partial charge in [-0.05, 0) is 37.1 Å². The number of aliphatic hydroxyl groups excluding tert-OH is 1. The Balaban J connectivity index is 2.51. The number of fused-ring (bicyclic) bond motifs is 1. The van der Waals surface area contributed by atoms with Crippen molar-refractivity contribution >= 4 is 11.8 Å². The Labute approximate surface area is 106 Å². The molecule has 0 aliphatic carbocycles. The standard InChI is InChI=1S/C13H18O3S/c1-13(2)12(14)9-6-11(16-4)10(15-3)5-8(9)7-17-13/h5-6,12,14H,7H2,1-4H3. The zero-order valence-corrected chi connectivity index (χ0v) is 11.4. The third kappa shape index (κ3) is 2.11. The van der Waals surface area contributed by atoms with Crippen LogP contribution in [-0.4, -0.2) is 24.1 Å². The normalized spacial score (nSPS) is 21.8. The number of thioether (sulfide) groups is 1. The molecule has 0 radical (unpaired) electrons. The van der Waals surface area contributed by atoms with E-state index in [0.717, 1.165) is 22.6 Å². The minimum absolute atomic E-state index is 0.160. The van der Waals surface area contributed by atoms with Crippen molar-refractivity contribution < 1.29 is 14.6 Å². The fraction of sp³-hybridized carbons (Fsp3) is 0.538. The molecular weight excluding hydrogens is 236 g/mol. The van der Waals surface area contributed by atoms with Gasteiger partial charge in [0, 0.05) is 10.5 Å². The van der Waals surface area contributed by atoms with E-state index in [1.54, 1.807) is 26.0 Å². The van der Waals surface area contributed by atoms with Gasteiger partial charge in [-0.1, -0.05) is 0 Å². The molecule has 3 nitrogen and oxygen atoms in total. The first-order chi connectivity index (χ1) is 7.99. The average molecular weight is 254 g/mol. The summed E-state index contributed by atoms with van der Waals surface area (Å²) >= 11 is 1.76. The molecule has 1 aliphatic rings. The van der Waals surface area contributed by atoms with E-state index in [-0.39, 0.29) is 4.75 Å². The number of hydrogen-bond donors (Lipinski definition) is 1. The van der Waals surface area contributed by atoms with E-state index in [1.165, 1.54) is 0 Å². The third-order valence-electron chi connectivity index (χ3n) is 3.20. The molecule has 1 heterocycles. The summed E-state index contributed by atoms with van der Waals surface area (Å²) in [5.74, 6) is 2.28. The number of aliphatic hydroxyl groups is 1. The molecule has 1 aliphatic heterocycles. The molecule has 4 heteroatoms. The van der Waals surface area contributed by atoms with E-state index in [1.807, 2.05) is 12.1 Å². The highest BCUT2D eigenvalue weighted by molar-refractivity contribution is 7.99. The van der Waals surface area contributed by atoms with E-state index in [2.05, 4.69) is 13.8 Å². The van der Waals surface area contributed by atoms with Crippen LogP contribution in [-0.2, 0) is 5.75 Å². The van der Waals surface area contributed by atoms with E-state index in [4.69, 9.17) is 9.47 Å². The van der Waals surface area contributed by atoms with Gasteiger partial charge in [0.05, 0.1) is 20.3 Å². The predicted molar refractivity (Wildman–Crippen MR) is 69.9 cm³/mol. The molecule has 0 amide bonds. The molecule has 2 rings (SSSR count). The molecule has 1 aromatic carbocycles. The van der Waals surface area contributed by atoms with Gasteiger partial charge in [-0.2, -0.15) is 0 Å². The molecule has 94 valence electrons. The Morgan fingerprint density at radius 3 is 2.41 bits per heavy atom. The molecule has 1 atom stereocenters. The molecule has 1 aromatic rings. The summed E-state index contributed by atoms with van der Waals surface area (Å²) in [6.07, 6.45) is -0.476. The van der Waals surface area contributed by atoms with Crippen molar-refractivity contribution in [3.05, 3.63) is 23.3 Å². The predicted octanol–water partition coefficient (Wildman–Crippen LogP) is 2.76. The first-order valence-corrected chi connectivity index (χ1v) is 6.55. The Bertz CT molecular complexity index is 429. The van der Waals surface area contributed by atoms with Crippen LogP contribution in [0.5, 0.6) is 11.5 Å². The second kappa shape index (κ2) is 4.42. The van der Waals surface area contributed by atoms with Gasteiger partial charge in [-0.15, -0.1) is 11.8 Å². The first kappa shape index (κ1) is 12.6. The van der Waals surface area contributed by atoms with Gasteiger partial charge < -0.3 is 14.6 Å². The molecule has 0 bridgehead atoms. The largest absolute Gasteiger partial charge is 0.493 e. The van der Waals surface area contributed by atoms with Crippen LogP contribution in [0.3, 0.4) is 0 Å². The van der Waals surface area contributed by atoms with Crippen LogP contribution in [0, 0.1) is 0 Å². The fourth-order valence-corrected chi connectivity index (χ4v) is 3.10. The summed E-state index contributed by atoms with van der Waals surface area (Å²) in [7, 11) is 3.24. The second-order valence-corrected chi connectivity index (χ2v) is 6.33. The monoisotopic (exact) mass is 254 g/mol. The zero-order chi connectivity index (χ0) is 12.6. The number of methoxy groups -OCH3 is 2. The van der Waals surface area contributed by atoms with Crippen LogP contribution in [0.4, 0.5) is 0 Å². The summed E-state index contributed by atoms with van der Waals surface area (Å²) in [6.45, 7) is 4.12. The maximum Gasteiger partial charge on any atom is 0.161 e. The second-order valence-electron chi connectivity index (χ2n) is 4.70. The van der Waals surface area contributed by atoms with Crippen LogP contribution in [0.15, 0.2) is 12.1 Å². The average Bonchev–Trinajstić information content (AvgIpc) is 2.33. The SMILES string of the molecule is COc1cc2c(cc1OC)C(O)C(C)(C)SC2. The van der Waals surface area contributed by atoms with Crippen molar-refractivity contribution in [3.8, 4) is 11.5 Å². The van der Waals surface area contributed by atoms with Crippen LogP contribution >= 0.6 is 11.8 Å². The molecular formula is C13H18O3S. The van der Waals surface area contributed by atoms with Crippen molar-refractivity contribution in [1.82, 2.24) is 0 Å². The highest BCUT2D eigenvalue weighted by Crippen LogP contribution is 2.48. The summed E-state index contributed by atoms with van der Waals surface area (Å²) in [5.41, 5.74) is 2.07. The lowest BCUT2D eigenvalue weighted by atomic mass is 9.93. The number of rotatable bonds is 2. The minimum atomic E-state index is -0.476.